The molecule has 4 amide bonds. The molecule has 3 aromatic carbocycles. The van der Waals surface area contributed by atoms with Gasteiger partial charge < -0.3 is 20.0 Å². The van der Waals surface area contributed by atoms with Crippen LogP contribution in [-0.4, -0.2) is 57.8 Å². The van der Waals surface area contributed by atoms with Crippen LogP contribution >= 0.6 is 0 Å². The Labute approximate surface area is 215 Å². The number of carbonyl (C=O) groups excluding carboxylic acids is 3. The summed E-state index contributed by atoms with van der Waals surface area (Å²) in [7, 11) is 0. The predicted octanol–water partition coefficient (Wildman–Crippen LogP) is 3.55. The Balaban J connectivity index is 1.42. The topological polar surface area (TPSA) is 73.0 Å². The van der Waals surface area contributed by atoms with Crippen LogP contribution in [0.1, 0.15) is 23.1 Å². The maximum atomic E-state index is 13.7. The van der Waals surface area contributed by atoms with Gasteiger partial charge in [-0.3, -0.25) is 9.59 Å². The molecule has 2 heterocycles. The average molecular weight is 501 g/mol. The fourth-order valence-electron chi connectivity index (χ4n) is 5.08. The number of rotatable bonds is 6. The van der Waals surface area contributed by atoms with E-state index in [2.05, 4.69) is 5.32 Å². The van der Waals surface area contributed by atoms with Crippen LogP contribution in [0.25, 0.3) is 0 Å². The van der Waals surface area contributed by atoms with Crippen LogP contribution in [0.2, 0.25) is 0 Å². The number of amides is 4. The summed E-state index contributed by atoms with van der Waals surface area (Å²) in [4.78, 5) is 45.2. The first-order chi connectivity index (χ1) is 18.0. The molecule has 37 heavy (non-hydrogen) atoms. The summed E-state index contributed by atoms with van der Waals surface area (Å²) < 4.78 is 13.5. The molecule has 8 heteroatoms. The van der Waals surface area contributed by atoms with Crippen molar-refractivity contribution < 1.29 is 18.8 Å². The summed E-state index contributed by atoms with van der Waals surface area (Å²) in [5.41, 5.74) is 2.69. The number of hydrogen-bond donors (Lipinski definition) is 1. The fraction of sp³-hybridized carbons (Fsp3) is 0.276. The molecule has 2 aliphatic heterocycles. The van der Waals surface area contributed by atoms with Crippen molar-refractivity contribution in [3.05, 3.63) is 107 Å². The number of halogens is 1. The second-order valence-electron chi connectivity index (χ2n) is 9.42. The van der Waals surface area contributed by atoms with Gasteiger partial charge in [-0.1, -0.05) is 72.8 Å². The van der Waals surface area contributed by atoms with E-state index in [4.69, 9.17) is 0 Å². The van der Waals surface area contributed by atoms with Gasteiger partial charge in [-0.15, -0.1) is 0 Å². The number of fused-ring (bicyclic) bond motifs is 1. The number of hydrogen-bond acceptors (Lipinski definition) is 3. The van der Waals surface area contributed by atoms with Gasteiger partial charge in [-0.05, 0) is 28.8 Å². The van der Waals surface area contributed by atoms with Gasteiger partial charge in [-0.25, -0.2) is 9.18 Å². The van der Waals surface area contributed by atoms with E-state index in [1.165, 1.54) is 12.1 Å². The lowest BCUT2D eigenvalue weighted by molar-refractivity contribution is -0.167. The highest BCUT2D eigenvalue weighted by Gasteiger charge is 2.48. The molecule has 3 aromatic rings. The van der Waals surface area contributed by atoms with Gasteiger partial charge in [-0.2, -0.15) is 0 Å². The number of piperazine rings is 1. The fourth-order valence-corrected chi connectivity index (χ4v) is 5.08. The van der Waals surface area contributed by atoms with Crippen molar-refractivity contribution in [1.82, 2.24) is 20.0 Å². The monoisotopic (exact) mass is 500 g/mol. The summed E-state index contributed by atoms with van der Waals surface area (Å²) in [6.45, 7) is 1.09. The van der Waals surface area contributed by atoms with Crippen molar-refractivity contribution in [3.8, 4) is 0 Å². The summed E-state index contributed by atoms with van der Waals surface area (Å²) in [5.74, 6) is -0.655. The van der Waals surface area contributed by atoms with Crippen LogP contribution in [0.3, 0.4) is 0 Å². The van der Waals surface area contributed by atoms with Gasteiger partial charge in [0.25, 0.3) is 0 Å². The van der Waals surface area contributed by atoms with Gasteiger partial charge in [0.05, 0.1) is 6.54 Å². The van der Waals surface area contributed by atoms with E-state index >= 15 is 0 Å². The Hall–Kier alpha value is -4.20. The second-order valence-corrected chi connectivity index (χ2v) is 9.42. The van der Waals surface area contributed by atoms with E-state index < -0.39 is 12.2 Å². The normalized spacial score (nSPS) is 19.5. The number of nitrogens with zero attached hydrogens (tertiary/aromatic N) is 3. The summed E-state index contributed by atoms with van der Waals surface area (Å²) in [6.07, 6.45) is -0.0866. The predicted molar refractivity (Wildman–Crippen MR) is 136 cm³/mol. The van der Waals surface area contributed by atoms with Crippen molar-refractivity contribution in [1.29, 1.82) is 0 Å². The van der Waals surface area contributed by atoms with Crippen LogP contribution in [0, 0.1) is 5.82 Å². The zero-order valence-corrected chi connectivity index (χ0v) is 20.4. The third-order valence-electron chi connectivity index (χ3n) is 6.96. The lowest BCUT2D eigenvalue weighted by Gasteiger charge is -2.52. The smallest absolute Gasteiger partial charge is 0.319 e. The second kappa shape index (κ2) is 10.8. The molecule has 5 rings (SSSR count). The molecule has 0 bridgehead atoms. The minimum absolute atomic E-state index is 0.132. The van der Waals surface area contributed by atoms with Gasteiger partial charge >= 0.3 is 6.03 Å². The maximum absolute atomic E-state index is 13.7. The van der Waals surface area contributed by atoms with Crippen molar-refractivity contribution in [3.63, 3.8) is 0 Å². The number of carbonyl (C=O) groups is 3. The molecule has 1 N–H and O–H groups in total. The Bertz CT molecular complexity index is 1250. The average Bonchev–Trinajstić information content (AvgIpc) is 2.92. The van der Waals surface area contributed by atoms with Crippen molar-refractivity contribution >= 4 is 17.8 Å². The van der Waals surface area contributed by atoms with Gasteiger partial charge in [0.2, 0.25) is 11.8 Å². The molecule has 0 aromatic heterocycles. The third kappa shape index (κ3) is 5.48. The zero-order chi connectivity index (χ0) is 25.8. The molecule has 7 nitrogen and oxygen atoms in total. The third-order valence-corrected chi connectivity index (χ3v) is 6.96. The van der Waals surface area contributed by atoms with Gasteiger partial charge in [0.15, 0.2) is 0 Å². The lowest BCUT2D eigenvalue weighted by atomic mass is 9.97. The molecule has 0 aliphatic carbocycles. The standard InChI is InChI=1S/C29H29FN4O3/c30-24-13-11-23(12-14-24)19-32-20-26-33(29(37)31-18-22-9-5-2-6-10-22)16-15-27(35)34(26)25(28(32)36)17-21-7-3-1-4-8-21/h1-14,25-26H,15-20H2,(H,31,37)/t25?,26-/m1/s1. The molecule has 2 saturated heterocycles. The molecule has 2 aliphatic rings. The first-order valence-corrected chi connectivity index (χ1v) is 12.5. The minimum Gasteiger partial charge on any atom is -0.334 e. The van der Waals surface area contributed by atoms with Crippen LogP contribution in [-0.2, 0) is 29.1 Å². The van der Waals surface area contributed by atoms with Crippen molar-refractivity contribution in [2.45, 2.75) is 38.1 Å². The van der Waals surface area contributed by atoms with E-state index in [-0.39, 0.29) is 49.7 Å². The molecule has 2 atom stereocenters. The zero-order valence-electron chi connectivity index (χ0n) is 20.4. The Morgan fingerprint density at radius 3 is 2.19 bits per heavy atom. The van der Waals surface area contributed by atoms with Crippen LogP contribution in [0.15, 0.2) is 84.9 Å². The van der Waals surface area contributed by atoms with E-state index in [0.717, 1.165) is 16.7 Å². The largest absolute Gasteiger partial charge is 0.334 e. The summed E-state index contributed by atoms with van der Waals surface area (Å²) in [5, 5.41) is 2.97. The van der Waals surface area contributed by atoms with Crippen LogP contribution in [0.4, 0.5) is 9.18 Å². The lowest BCUT2D eigenvalue weighted by Crippen LogP contribution is -2.72. The Kier molecular flexibility index (Phi) is 7.16. The van der Waals surface area contributed by atoms with Gasteiger partial charge in [0.1, 0.15) is 18.0 Å². The number of nitrogens with one attached hydrogen (secondary N) is 1. The molecular formula is C29H29FN4O3. The molecule has 0 radical (unpaired) electrons. The SMILES string of the molecule is O=C1C(Cc2ccccc2)N2C(=O)CCN(C(=O)NCc3ccccc3)[C@H]2CN1Cc1ccc(F)cc1. The van der Waals surface area contributed by atoms with E-state index in [1.54, 1.807) is 26.8 Å². The molecule has 190 valence electrons. The van der Waals surface area contributed by atoms with Gasteiger partial charge in [0, 0.05) is 32.5 Å². The van der Waals surface area contributed by atoms with Crippen molar-refractivity contribution in [2.24, 2.45) is 0 Å². The van der Waals surface area contributed by atoms with E-state index in [9.17, 15) is 18.8 Å². The molecule has 1 unspecified atom stereocenters. The summed E-state index contributed by atoms with van der Waals surface area (Å²) in [6, 6.07) is 24.2. The quantitative estimate of drug-likeness (QED) is 0.563. The highest BCUT2D eigenvalue weighted by Crippen LogP contribution is 2.28. The van der Waals surface area contributed by atoms with Crippen LogP contribution in [0.5, 0.6) is 0 Å². The first-order valence-electron chi connectivity index (χ1n) is 12.5. The van der Waals surface area contributed by atoms with Crippen LogP contribution < -0.4 is 5.32 Å². The minimum atomic E-state index is -0.737. The first kappa shape index (κ1) is 24.5. The highest BCUT2D eigenvalue weighted by molar-refractivity contribution is 5.91. The maximum Gasteiger partial charge on any atom is 0.319 e. The van der Waals surface area contributed by atoms with E-state index in [1.807, 2.05) is 60.7 Å². The number of urea groups is 1. The van der Waals surface area contributed by atoms with E-state index in [0.29, 0.717) is 13.0 Å². The van der Waals surface area contributed by atoms with Crippen molar-refractivity contribution in [2.75, 3.05) is 13.1 Å². The molecule has 0 saturated carbocycles. The molecule has 2 fully saturated rings. The Morgan fingerprint density at radius 2 is 1.51 bits per heavy atom. The highest BCUT2D eigenvalue weighted by atomic mass is 19.1. The molecule has 0 spiro atoms. The summed E-state index contributed by atoms with van der Waals surface area (Å²) >= 11 is 0. The number of benzene rings is 3. The Morgan fingerprint density at radius 1 is 0.865 bits per heavy atom. The molecular weight excluding hydrogens is 471 g/mol.